The predicted octanol–water partition coefficient (Wildman–Crippen LogP) is 0.376. The molecule has 1 aliphatic heterocycles. The van der Waals surface area contributed by atoms with E-state index in [0.29, 0.717) is 5.82 Å². The van der Waals surface area contributed by atoms with Gasteiger partial charge in [-0.2, -0.15) is 0 Å². The molecular weight excluding hydrogens is 206 g/mol. The molecule has 0 saturated carbocycles. The molecule has 1 saturated heterocycles. The summed E-state index contributed by atoms with van der Waals surface area (Å²) in [5.74, 6) is 6.71. The van der Waals surface area contributed by atoms with Gasteiger partial charge in [-0.05, 0) is 13.8 Å². The van der Waals surface area contributed by atoms with E-state index >= 15 is 0 Å². The number of morpholine rings is 1. The first kappa shape index (κ1) is 11.1. The number of hydrogen-bond donors (Lipinski definition) is 2. The van der Waals surface area contributed by atoms with Gasteiger partial charge in [0.2, 0.25) is 0 Å². The third-order valence-electron chi connectivity index (χ3n) is 2.51. The van der Waals surface area contributed by atoms with Crippen LogP contribution in [-0.2, 0) is 4.74 Å². The fourth-order valence-corrected chi connectivity index (χ4v) is 1.94. The summed E-state index contributed by atoms with van der Waals surface area (Å²) in [5.41, 5.74) is 2.50. The number of nitrogen functional groups attached to an aromatic ring is 1. The van der Waals surface area contributed by atoms with E-state index in [4.69, 9.17) is 10.6 Å². The van der Waals surface area contributed by atoms with Gasteiger partial charge in [-0.1, -0.05) is 0 Å². The van der Waals surface area contributed by atoms with Gasteiger partial charge in [0.25, 0.3) is 0 Å². The highest BCUT2D eigenvalue weighted by Gasteiger charge is 2.23. The van der Waals surface area contributed by atoms with Gasteiger partial charge in [-0.15, -0.1) is 0 Å². The van der Waals surface area contributed by atoms with Gasteiger partial charge in [0, 0.05) is 13.1 Å². The molecule has 0 amide bonds. The van der Waals surface area contributed by atoms with Crippen molar-refractivity contribution in [1.82, 2.24) is 9.97 Å². The maximum atomic E-state index is 5.66. The Morgan fingerprint density at radius 1 is 1.38 bits per heavy atom. The predicted molar refractivity (Wildman–Crippen MR) is 62.1 cm³/mol. The highest BCUT2D eigenvalue weighted by molar-refractivity contribution is 5.43. The molecule has 0 radical (unpaired) electrons. The lowest BCUT2D eigenvalue weighted by Crippen LogP contribution is -2.45. The number of aromatic nitrogens is 2. The first-order valence-electron chi connectivity index (χ1n) is 5.38. The third-order valence-corrected chi connectivity index (χ3v) is 2.51. The molecule has 6 heteroatoms. The van der Waals surface area contributed by atoms with Crippen molar-refractivity contribution in [2.75, 3.05) is 23.4 Å². The van der Waals surface area contributed by atoms with Crippen molar-refractivity contribution in [2.45, 2.75) is 26.1 Å². The summed E-state index contributed by atoms with van der Waals surface area (Å²) >= 11 is 0. The smallest absolute Gasteiger partial charge is 0.160 e. The Morgan fingerprint density at radius 3 is 2.69 bits per heavy atom. The molecule has 0 aromatic carbocycles. The third kappa shape index (κ3) is 2.40. The van der Waals surface area contributed by atoms with Crippen molar-refractivity contribution >= 4 is 11.6 Å². The Labute approximate surface area is 94.8 Å². The van der Waals surface area contributed by atoms with Crippen LogP contribution in [0.4, 0.5) is 11.6 Å². The van der Waals surface area contributed by atoms with Crippen LogP contribution in [0.15, 0.2) is 12.4 Å². The van der Waals surface area contributed by atoms with Crippen molar-refractivity contribution in [3.8, 4) is 0 Å². The minimum atomic E-state index is 0.208. The van der Waals surface area contributed by atoms with E-state index < -0.39 is 0 Å². The second-order valence-electron chi connectivity index (χ2n) is 4.07. The molecule has 2 rings (SSSR count). The van der Waals surface area contributed by atoms with Gasteiger partial charge in [-0.25, -0.2) is 10.8 Å². The Hall–Kier alpha value is -1.40. The van der Waals surface area contributed by atoms with E-state index in [9.17, 15) is 0 Å². The number of ether oxygens (including phenoxy) is 1. The summed E-state index contributed by atoms with van der Waals surface area (Å²) in [7, 11) is 0. The maximum absolute atomic E-state index is 5.66. The average molecular weight is 223 g/mol. The van der Waals surface area contributed by atoms with Crippen molar-refractivity contribution in [3.05, 3.63) is 12.4 Å². The van der Waals surface area contributed by atoms with E-state index in [0.717, 1.165) is 18.9 Å². The van der Waals surface area contributed by atoms with Gasteiger partial charge in [0.05, 0.1) is 24.6 Å². The Morgan fingerprint density at radius 2 is 2.06 bits per heavy atom. The van der Waals surface area contributed by atoms with Crippen LogP contribution in [0.1, 0.15) is 13.8 Å². The largest absolute Gasteiger partial charge is 0.372 e. The highest BCUT2D eigenvalue weighted by Crippen LogP contribution is 2.18. The van der Waals surface area contributed by atoms with Gasteiger partial charge < -0.3 is 15.1 Å². The zero-order chi connectivity index (χ0) is 11.5. The Kier molecular flexibility index (Phi) is 3.21. The summed E-state index contributed by atoms with van der Waals surface area (Å²) in [4.78, 5) is 10.6. The number of rotatable bonds is 2. The first-order valence-corrected chi connectivity index (χ1v) is 5.38. The van der Waals surface area contributed by atoms with E-state index in [-0.39, 0.29) is 12.2 Å². The number of anilines is 2. The SMILES string of the molecule is CC1CN(c2cncc(NN)n2)CC(C)O1. The standard InChI is InChI=1S/C10H17N5O/c1-7-5-15(6-8(2)16-7)10-4-12-3-9(13-10)14-11/h3-4,7-8H,5-6,11H2,1-2H3,(H,13,14). The van der Waals surface area contributed by atoms with Crippen LogP contribution in [0.5, 0.6) is 0 Å². The molecule has 0 aliphatic carbocycles. The summed E-state index contributed by atoms with van der Waals surface area (Å²) in [6.07, 6.45) is 3.75. The molecule has 3 N–H and O–H groups in total. The topological polar surface area (TPSA) is 76.3 Å². The zero-order valence-electron chi connectivity index (χ0n) is 9.55. The molecule has 1 aliphatic rings. The molecule has 6 nitrogen and oxygen atoms in total. The van der Waals surface area contributed by atoms with E-state index in [1.165, 1.54) is 0 Å². The number of hydrogen-bond acceptors (Lipinski definition) is 6. The van der Waals surface area contributed by atoms with Crippen molar-refractivity contribution in [3.63, 3.8) is 0 Å². The second-order valence-corrected chi connectivity index (χ2v) is 4.07. The lowest BCUT2D eigenvalue weighted by molar-refractivity contribution is -0.00547. The second kappa shape index (κ2) is 4.63. The lowest BCUT2D eigenvalue weighted by atomic mass is 10.2. The van der Waals surface area contributed by atoms with E-state index in [1.807, 2.05) is 0 Å². The molecule has 2 atom stereocenters. The molecule has 88 valence electrons. The van der Waals surface area contributed by atoms with Crippen molar-refractivity contribution in [2.24, 2.45) is 5.84 Å². The highest BCUT2D eigenvalue weighted by atomic mass is 16.5. The lowest BCUT2D eigenvalue weighted by Gasteiger charge is -2.35. The van der Waals surface area contributed by atoms with Crippen LogP contribution in [0, 0.1) is 0 Å². The quantitative estimate of drug-likeness (QED) is 0.557. The van der Waals surface area contributed by atoms with Crippen molar-refractivity contribution < 1.29 is 4.74 Å². The molecular formula is C10H17N5O. The molecule has 2 unspecified atom stereocenters. The molecule has 1 aromatic heterocycles. The molecule has 1 aromatic rings. The Bertz CT molecular complexity index is 349. The van der Waals surface area contributed by atoms with Gasteiger partial charge in [0.15, 0.2) is 5.82 Å². The van der Waals surface area contributed by atoms with Crippen LogP contribution in [0.2, 0.25) is 0 Å². The fraction of sp³-hybridized carbons (Fsp3) is 0.600. The fourth-order valence-electron chi connectivity index (χ4n) is 1.94. The summed E-state index contributed by atoms with van der Waals surface area (Å²) in [6.45, 7) is 5.77. The van der Waals surface area contributed by atoms with Crippen molar-refractivity contribution in [1.29, 1.82) is 0 Å². The first-order chi connectivity index (χ1) is 7.69. The minimum absolute atomic E-state index is 0.208. The normalized spacial score (nSPS) is 25.6. The number of hydrazine groups is 1. The number of nitrogens with zero attached hydrogens (tertiary/aromatic N) is 3. The van der Waals surface area contributed by atoms with Gasteiger partial charge in [-0.3, -0.25) is 4.98 Å². The molecule has 0 spiro atoms. The van der Waals surface area contributed by atoms with Crippen LogP contribution in [-0.4, -0.2) is 35.3 Å². The van der Waals surface area contributed by atoms with Crippen LogP contribution in [0.25, 0.3) is 0 Å². The minimum Gasteiger partial charge on any atom is -0.372 e. The Balaban J connectivity index is 2.16. The number of nitrogens with one attached hydrogen (secondary N) is 1. The van der Waals surface area contributed by atoms with Gasteiger partial charge >= 0.3 is 0 Å². The molecule has 1 fully saturated rings. The van der Waals surface area contributed by atoms with Crippen LogP contribution in [0.3, 0.4) is 0 Å². The molecule has 2 heterocycles. The van der Waals surface area contributed by atoms with Gasteiger partial charge in [0.1, 0.15) is 5.82 Å². The van der Waals surface area contributed by atoms with Crippen LogP contribution >= 0.6 is 0 Å². The monoisotopic (exact) mass is 223 g/mol. The number of nitrogens with two attached hydrogens (primary N) is 1. The summed E-state index contributed by atoms with van der Waals surface area (Å²) < 4.78 is 5.66. The average Bonchev–Trinajstić information content (AvgIpc) is 2.28. The van der Waals surface area contributed by atoms with Crippen LogP contribution < -0.4 is 16.2 Å². The maximum Gasteiger partial charge on any atom is 0.160 e. The van der Waals surface area contributed by atoms with E-state index in [2.05, 4.69) is 34.1 Å². The summed E-state index contributed by atoms with van der Waals surface area (Å²) in [5, 5.41) is 0. The zero-order valence-corrected chi connectivity index (χ0v) is 9.55. The molecule has 16 heavy (non-hydrogen) atoms. The molecule has 0 bridgehead atoms. The van der Waals surface area contributed by atoms with E-state index in [1.54, 1.807) is 12.4 Å². The summed E-state index contributed by atoms with van der Waals surface area (Å²) in [6, 6.07) is 0.